The Kier molecular flexibility index (Phi) is 3.31. The van der Waals surface area contributed by atoms with Crippen molar-refractivity contribution < 1.29 is 4.74 Å². The van der Waals surface area contributed by atoms with E-state index in [0.29, 0.717) is 18.4 Å². The van der Waals surface area contributed by atoms with Gasteiger partial charge in [-0.05, 0) is 13.0 Å². The van der Waals surface area contributed by atoms with Crippen molar-refractivity contribution in [3.8, 4) is 6.01 Å². The van der Waals surface area contributed by atoms with Gasteiger partial charge in [-0.15, -0.1) is 11.3 Å². The molecule has 6 heteroatoms. The monoisotopic (exact) mass is 236 g/mol. The smallest absolute Gasteiger partial charge is 0.318 e. The van der Waals surface area contributed by atoms with Gasteiger partial charge < -0.3 is 10.5 Å². The zero-order valence-electron chi connectivity index (χ0n) is 8.88. The number of nitrogens with zero attached hydrogens (tertiary/aromatic N) is 3. The summed E-state index contributed by atoms with van der Waals surface area (Å²) in [7, 11) is 0. The van der Waals surface area contributed by atoms with Crippen LogP contribution in [0.25, 0.3) is 0 Å². The Morgan fingerprint density at radius 3 is 3.00 bits per heavy atom. The Hall–Kier alpha value is -1.69. The van der Waals surface area contributed by atoms with Gasteiger partial charge in [-0.2, -0.15) is 4.98 Å². The molecule has 0 bridgehead atoms. The van der Waals surface area contributed by atoms with Gasteiger partial charge in [0.05, 0.1) is 17.8 Å². The molecule has 5 nitrogen and oxygen atoms in total. The summed E-state index contributed by atoms with van der Waals surface area (Å²) in [5, 5.41) is 0. The molecule has 0 fully saturated rings. The number of aryl methyl sites for hydroxylation is 1. The first kappa shape index (κ1) is 10.8. The first-order valence-electron chi connectivity index (χ1n) is 4.86. The molecule has 0 aliphatic rings. The first-order valence-corrected chi connectivity index (χ1v) is 5.74. The number of hydrogen-bond donors (Lipinski definition) is 1. The average molecular weight is 236 g/mol. The number of aromatic nitrogens is 3. The van der Waals surface area contributed by atoms with E-state index in [1.54, 1.807) is 23.6 Å². The van der Waals surface area contributed by atoms with Crippen LogP contribution in [0.2, 0.25) is 0 Å². The molecule has 84 valence electrons. The van der Waals surface area contributed by atoms with Crippen LogP contribution in [-0.2, 0) is 6.42 Å². The number of thiazole rings is 1. The number of nitrogens with two attached hydrogens (primary N) is 1. The molecule has 2 heterocycles. The summed E-state index contributed by atoms with van der Waals surface area (Å²) in [6, 6.07) is 1.95. The highest BCUT2D eigenvalue weighted by molar-refractivity contribution is 7.09. The third-order valence-electron chi connectivity index (χ3n) is 2.06. The summed E-state index contributed by atoms with van der Waals surface area (Å²) in [4.78, 5) is 13.3. The van der Waals surface area contributed by atoms with Gasteiger partial charge in [0.1, 0.15) is 5.82 Å². The molecule has 0 aliphatic carbocycles. The van der Waals surface area contributed by atoms with E-state index in [1.165, 1.54) is 4.88 Å². The first-order chi connectivity index (χ1) is 7.75. The minimum Gasteiger partial charge on any atom is -0.463 e. The van der Waals surface area contributed by atoms with E-state index < -0.39 is 0 Å². The number of hydrogen-bond acceptors (Lipinski definition) is 6. The molecule has 0 unspecified atom stereocenters. The lowest BCUT2D eigenvalue weighted by molar-refractivity contribution is 0.297. The maximum absolute atomic E-state index is 5.51. The van der Waals surface area contributed by atoms with Crippen LogP contribution in [0, 0.1) is 6.92 Å². The van der Waals surface area contributed by atoms with Crippen molar-refractivity contribution in [3.63, 3.8) is 0 Å². The second kappa shape index (κ2) is 4.89. The van der Waals surface area contributed by atoms with E-state index in [1.807, 2.05) is 12.4 Å². The van der Waals surface area contributed by atoms with E-state index in [9.17, 15) is 0 Å². The van der Waals surface area contributed by atoms with Crippen molar-refractivity contribution in [2.75, 3.05) is 12.3 Å². The predicted molar refractivity (Wildman–Crippen MR) is 62.5 cm³/mol. The Balaban J connectivity index is 1.87. The van der Waals surface area contributed by atoms with Gasteiger partial charge >= 0.3 is 6.01 Å². The lowest BCUT2D eigenvalue weighted by atomic mass is 10.3. The topological polar surface area (TPSA) is 73.9 Å². The maximum atomic E-state index is 5.51. The highest BCUT2D eigenvalue weighted by Gasteiger charge is 2.02. The zero-order valence-corrected chi connectivity index (χ0v) is 9.70. The van der Waals surface area contributed by atoms with Gasteiger partial charge in [0.15, 0.2) is 0 Å². The van der Waals surface area contributed by atoms with Crippen LogP contribution in [0.5, 0.6) is 6.01 Å². The van der Waals surface area contributed by atoms with Crippen molar-refractivity contribution in [1.29, 1.82) is 0 Å². The van der Waals surface area contributed by atoms with E-state index >= 15 is 0 Å². The van der Waals surface area contributed by atoms with Gasteiger partial charge in [-0.3, -0.25) is 0 Å². The molecule has 0 atom stereocenters. The van der Waals surface area contributed by atoms with Gasteiger partial charge in [-0.25, -0.2) is 9.97 Å². The quantitative estimate of drug-likeness (QED) is 0.869. The Labute approximate surface area is 97.3 Å². The number of ether oxygens (including phenoxy) is 1. The summed E-state index contributed by atoms with van der Waals surface area (Å²) in [6.07, 6.45) is 2.39. The second-order valence-electron chi connectivity index (χ2n) is 3.22. The van der Waals surface area contributed by atoms with Crippen LogP contribution < -0.4 is 10.5 Å². The Bertz CT molecular complexity index is 471. The largest absolute Gasteiger partial charge is 0.463 e. The van der Waals surface area contributed by atoms with E-state index in [0.717, 1.165) is 12.1 Å². The van der Waals surface area contributed by atoms with Crippen LogP contribution in [0.3, 0.4) is 0 Å². The average Bonchev–Trinajstić information content (AvgIpc) is 2.65. The van der Waals surface area contributed by atoms with Gasteiger partial charge in [0, 0.05) is 17.5 Å². The maximum Gasteiger partial charge on any atom is 0.318 e. The van der Waals surface area contributed by atoms with Gasteiger partial charge in [0.2, 0.25) is 0 Å². The Morgan fingerprint density at radius 2 is 2.31 bits per heavy atom. The molecule has 0 amide bonds. The molecule has 0 aliphatic heterocycles. The Morgan fingerprint density at radius 1 is 1.44 bits per heavy atom. The van der Waals surface area contributed by atoms with Crippen LogP contribution >= 0.6 is 11.3 Å². The standard InChI is InChI=1S/C10H12N4OS/c1-7-8(16-6-13-7)3-5-15-10-12-4-2-9(11)14-10/h2,4,6H,3,5H2,1H3,(H2,11,12,14). The van der Waals surface area contributed by atoms with Crippen molar-refractivity contribution in [1.82, 2.24) is 15.0 Å². The normalized spacial score (nSPS) is 10.3. The summed E-state index contributed by atoms with van der Waals surface area (Å²) in [5.41, 5.74) is 8.40. The van der Waals surface area contributed by atoms with E-state index in [4.69, 9.17) is 10.5 Å². The van der Waals surface area contributed by atoms with Crippen molar-refractivity contribution in [2.24, 2.45) is 0 Å². The molecule has 2 N–H and O–H groups in total. The van der Waals surface area contributed by atoms with E-state index in [-0.39, 0.29) is 0 Å². The second-order valence-corrected chi connectivity index (χ2v) is 4.16. The fourth-order valence-electron chi connectivity index (χ4n) is 1.22. The van der Waals surface area contributed by atoms with Crippen molar-refractivity contribution in [3.05, 3.63) is 28.3 Å². The number of anilines is 1. The molecular formula is C10H12N4OS. The molecule has 2 rings (SSSR count). The summed E-state index contributed by atoms with van der Waals surface area (Å²) in [5.74, 6) is 0.416. The van der Waals surface area contributed by atoms with E-state index in [2.05, 4.69) is 15.0 Å². The minimum absolute atomic E-state index is 0.321. The molecule has 0 radical (unpaired) electrons. The molecule has 2 aromatic rings. The number of rotatable bonds is 4. The molecular weight excluding hydrogens is 224 g/mol. The molecule has 0 saturated carbocycles. The molecule has 2 aromatic heterocycles. The number of nitrogen functional groups attached to an aromatic ring is 1. The fraction of sp³-hybridized carbons (Fsp3) is 0.300. The van der Waals surface area contributed by atoms with Crippen molar-refractivity contribution in [2.45, 2.75) is 13.3 Å². The highest BCUT2D eigenvalue weighted by atomic mass is 32.1. The minimum atomic E-state index is 0.321. The summed E-state index contributed by atoms with van der Waals surface area (Å²) >= 11 is 1.63. The molecule has 0 saturated heterocycles. The van der Waals surface area contributed by atoms with Crippen LogP contribution in [0.1, 0.15) is 10.6 Å². The SMILES string of the molecule is Cc1ncsc1CCOc1nccc(N)n1. The van der Waals surface area contributed by atoms with Crippen LogP contribution in [0.4, 0.5) is 5.82 Å². The summed E-state index contributed by atoms with van der Waals surface area (Å²) < 4.78 is 5.39. The van der Waals surface area contributed by atoms with Gasteiger partial charge in [0.25, 0.3) is 0 Å². The predicted octanol–water partition coefficient (Wildman–Crippen LogP) is 1.45. The summed E-state index contributed by atoms with van der Waals surface area (Å²) in [6.45, 7) is 2.52. The van der Waals surface area contributed by atoms with Crippen LogP contribution in [-0.4, -0.2) is 21.6 Å². The molecule has 0 spiro atoms. The van der Waals surface area contributed by atoms with Crippen molar-refractivity contribution >= 4 is 17.2 Å². The fourth-order valence-corrected chi connectivity index (χ4v) is 1.99. The van der Waals surface area contributed by atoms with Crippen LogP contribution in [0.15, 0.2) is 17.8 Å². The van der Waals surface area contributed by atoms with Gasteiger partial charge in [-0.1, -0.05) is 0 Å². The lowest BCUT2D eigenvalue weighted by Gasteiger charge is -2.03. The third-order valence-corrected chi connectivity index (χ3v) is 3.06. The third kappa shape index (κ3) is 2.66. The molecule has 0 aromatic carbocycles. The zero-order chi connectivity index (χ0) is 11.4. The molecule has 16 heavy (non-hydrogen) atoms. The highest BCUT2D eigenvalue weighted by Crippen LogP contribution is 2.13. The lowest BCUT2D eigenvalue weighted by Crippen LogP contribution is -2.05.